The molecule has 1 aromatic heterocycles. The van der Waals surface area contributed by atoms with Crippen LogP contribution >= 0.6 is 11.3 Å². The van der Waals surface area contributed by atoms with Crippen molar-refractivity contribution in [2.45, 2.75) is 25.4 Å². The van der Waals surface area contributed by atoms with Gasteiger partial charge in [0.05, 0.1) is 12.6 Å². The quantitative estimate of drug-likeness (QED) is 0.597. The van der Waals surface area contributed by atoms with E-state index < -0.39 is 24.6 Å². The lowest BCUT2D eigenvalue weighted by Gasteiger charge is -2.17. The van der Waals surface area contributed by atoms with Gasteiger partial charge >= 0.3 is 12.0 Å². The first-order chi connectivity index (χ1) is 8.58. The molecule has 4 N–H and O–H groups in total. The molecule has 0 aliphatic rings. The molecule has 0 aliphatic heterocycles. The molecule has 0 saturated carbocycles. The van der Waals surface area contributed by atoms with Crippen LogP contribution in [-0.4, -0.2) is 39.8 Å². The third-order valence-electron chi connectivity index (χ3n) is 2.25. The highest BCUT2D eigenvalue weighted by Gasteiger charge is 2.21. The molecule has 7 nitrogen and oxygen atoms in total. The van der Waals surface area contributed by atoms with Gasteiger partial charge in [0, 0.05) is 11.6 Å². The van der Waals surface area contributed by atoms with Crippen LogP contribution in [0, 0.1) is 0 Å². The molecule has 18 heavy (non-hydrogen) atoms. The molecule has 1 rings (SSSR count). The Labute approximate surface area is 108 Å². The van der Waals surface area contributed by atoms with Gasteiger partial charge in [-0.25, -0.2) is 14.6 Å². The molecule has 0 aliphatic carbocycles. The van der Waals surface area contributed by atoms with Crippen LogP contribution in [-0.2, 0) is 4.79 Å². The monoisotopic (exact) mass is 273 g/mol. The maximum absolute atomic E-state index is 11.6. The molecule has 0 bridgehead atoms. The molecule has 2 atom stereocenters. The van der Waals surface area contributed by atoms with E-state index in [1.165, 1.54) is 11.3 Å². The van der Waals surface area contributed by atoms with Crippen molar-refractivity contribution in [2.24, 2.45) is 0 Å². The van der Waals surface area contributed by atoms with Crippen molar-refractivity contribution >= 4 is 23.3 Å². The van der Waals surface area contributed by atoms with Crippen LogP contribution in [0.15, 0.2) is 11.6 Å². The fourth-order valence-electron chi connectivity index (χ4n) is 1.29. The van der Waals surface area contributed by atoms with Gasteiger partial charge in [0.2, 0.25) is 0 Å². The minimum atomic E-state index is -1.31. The van der Waals surface area contributed by atoms with E-state index in [-0.39, 0.29) is 6.04 Å². The predicted octanol–water partition coefficient (Wildman–Crippen LogP) is 0.339. The number of aromatic nitrogens is 1. The van der Waals surface area contributed by atoms with E-state index in [1.807, 2.05) is 6.92 Å². The third kappa shape index (κ3) is 3.97. The summed E-state index contributed by atoms with van der Waals surface area (Å²) in [7, 11) is 0. The van der Waals surface area contributed by atoms with Crippen molar-refractivity contribution in [3.8, 4) is 0 Å². The minimum Gasteiger partial charge on any atom is -0.480 e. The smallest absolute Gasteiger partial charge is 0.328 e. The number of hydrogen-bond acceptors (Lipinski definition) is 5. The summed E-state index contributed by atoms with van der Waals surface area (Å²) in [6.07, 6.45) is 2.27. The van der Waals surface area contributed by atoms with Gasteiger partial charge in [-0.3, -0.25) is 0 Å². The van der Waals surface area contributed by atoms with E-state index in [4.69, 9.17) is 10.2 Å². The maximum atomic E-state index is 11.6. The average Bonchev–Trinajstić information content (AvgIpc) is 2.86. The van der Waals surface area contributed by atoms with Gasteiger partial charge in [-0.1, -0.05) is 6.92 Å². The molecule has 0 aromatic carbocycles. The number of rotatable bonds is 6. The number of aliphatic hydroxyl groups excluding tert-OH is 1. The van der Waals surface area contributed by atoms with Crippen molar-refractivity contribution in [1.29, 1.82) is 0 Å². The molecule has 2 unspecified atom stereocenters. The topological polar surface area (TPSA) is 112 Å². The first-order valence-corrected chi connectivity index (χ1v) is 6.26. The maximum Gasteiger partial charge on any atom is 0.328 e. The number of carbonyl (C=O) groups is 2. The highest BCUT2D eigenvalue weighted by molar-refractivity contribution is 7.09. The van der Waals surface area contributed by atoms with Crippen LogP contribution in [0.5, 0.6) is 0 Å². The lowest BCUT2D eigenvalue weighted by atomic mass is 10.2. The fraction of sp³-hybridized carbons (Fsp3) is 0.500. The van der Waals surface area contributed by atoms with Crippen LogP contribution in [0.4, 0.5) is 4.79 Å². The molecule has 2 amide bonds. The van der Waals surface area contributed by atoms with Crippen LogP contribution in [0.1, 0.15) is 24.4 Å². The molecule has 0 saturated heterocycles. The van der Waals surface area contributed by atoms with E-state index in [1.54, 1.807) is 11.6 Å². The summed E-state index contributed by atoms with van der Waals surface area (Å²) in [6.45, 7) is 1.23. The van der Waals surface area contributed by atoms with E-state index in [0.29, 0.717) is 6.42 Å². The Bertz CT molecular complexity index is 396. The van der Waals surface area contributed by atoms with Crippen LogP contribution in [0.25, 0.3) is 0 Å². The van der Waals surface area contributed by atoms with Gasteiger partial charge in [0.1, 0.15) is 5.01 Å². The number of amides is 2. The molecular weight excluding hydrogens is 258 g/mol. The molecule has 0 spiro atoms. The number of aliphatic carboxylic acids is 1. The second kappa shape index (κ2) is 6.92. The van der Waals surface area contributed by atoms with Gasteiger partial charge in [-0.2, -0.15) is 0 Å². The second-order valence-electron chi connectivity index (χ2n) is 3.52. The number of thiazole rings is 1. The summed E-state index contributed by atoms with van der Waals surface area (Å²) in [6, 6.07) is -2.21. The summed E-state index contributed by atoms with van der Waals surface area (Å²) < 4.78 is 0. The van der Waals surface area contributed by atoms with E-state index >= 15 is 0 Å². The van der Waals surface area contributed by atoms with Crippen molar-refractivity contribution in [1.82, 2.24) is 15.6 Å². The van der Waals surface area contributed by atoms with Crippen LogP contribution < -0.4 is 10.6 Å². The van der Waals surface area contributed by atoms with E-state index in [2.05, 4.69) is 15.6 Å². The number of carbonyl (C=O) groups excluding carboxylic acids is 1. The zero-order chi connectivity index (χ0) is 13.5. The van der Waals surface area contributed by atoms with Gasteiger partial charge in [-0.15, -0.1) is 11.3 Å². The SMILES string of the molecule is CCC(NC(=O)NC(CO)C(=O)O)c1nccs1. The molecule has 1 aromatic rings. The number of urea groups is 1. The molecular formula is C10H15N3O4S. The molecule has 1 heterocycles. The molecule has 8 heteroatoms. The number of carboxylic acids is 1. The summed E-state index contributed by atoms with van der Waals surface area (Å²) >= 11 is 1.41. The Balaban J connectivity index is 2.55. The predicted molar refractivity (Wildman–Crippen MR) is 65.3 cm³/mol. The van der Waals surface area contributed by atoms with Crippen molar-refractivity contribution in [3.63, 3.8) is 0 Å². The minimum absolute atomic E-state index is 0.266. The van der Waals surface area contributed by atoms with Crippen molar-refractivity contribution in [3.05, 3.63) is 16.6 Å². The first kappa shape index (κ1) is 14.4. The van der Waals surface area contributed by atoms with Crippen molar-refractivity contribution < 1.29 is 19.8 Å². The Morgan fingerprint density at radius 2 is 2.22 bits per heavy atom. The van der Waals surface area contributed by atoms with E-state index in [9.17, 15) is 9.59 Å². The summed E-state index contributed by atoms with van der Waals surface area (Å²) in [5, 5.41) is 24.8. The summed E-state index contributed by atoms with van der Waals surface area (Å²) in [5.41, 5.74) is 0. The number of hydrogen-bond donors (Lipinski definition) is 4. The molecule has 0 fully saturated rings. The Hall–Kier alpha value is -1.67. The third-order valence-corrected chi connectivity index (χ3v) is 3.14. The lowest BCUT2D eigenvalue weighted by molar-refractivity contribution is -0.140. The van der Waals surface area contributed by atoms with Crippen LogP contribution in [0.3, 0.4) is 0 Å². The average molecular weight is 273 g/mol. The van der Waals surface area contributed by atoms with E-state index in [0.717, 1.165) is 5.01 Å². The number of aliphatic hydroxyl groups is 1. The summed E-state index contributed by atoms with van der Waals surface area (Å²) in [5.74, 6) is -1.28. The lowest BCUT2D eigenvalue weighted by Crippen LogP contribution is -2.48. The number of nitrogens with zero attached hydrogens (tertiary/aromatic N) is 1. The number of carboxylic acid groups (broad SMARTS) is 1. The highest BCUT2D eigenvalue weighted by Crippen LogP contribution is 2.18. The Morgan fingerprint density at radius 3 is 2.67 bits per heavy atom. The zero-order valence-corrected chi connectivity index (χ0v) is 10.6. The molecule has 0 radical (unpaired) electrons. The number of nitrogens with one attached hydrogen (secondary N) is 2. The highest BCUT2D eigenvalue weighted by atomic mass is 32.1. The van der Waals surface area contributed by atoms with Gasteiger partial charge < -0.3 is 20.8 Å². The normalized spacial score (nSPS) is 13.7. The van der Waals surface area contributed by atoms with Crippen molar-refractivity contribution in [2.75, 3.05) is 6.61 Å². The summed E-state index contributed by atoms with van der Waals surface area (Å²) in [4.78, 5) is 26.3. The largest absolute Gasteiger partial charge is 0.480 e. The first-order valence-electron chi connectivity index (χ1n) is 5.38. The second-order valence-corrected chi connectivity index (χ2v) is 4.45. The van der Waals surface area contributed by atoms with Gasteiger partial charge in [-0.05, 0) is 6.42 Å². The standard InChI is InChI=1S/C10H15N3O4S/c1-2-6(8-11-3-4-18-8)12-10(17)13-7(5-14)9(15)16/h3-4,6-7,14H,2,5H2,1H3,(H,15,16)(H2,12,13,17). The Kier molecular flexibility index (Phi) is 5.53. The fourth-order valence-corrected chi connectivity index (χ4v) is 2.06. The van der Waals surface area contributed by atoms with Gasteiger partial charge in [0.15, 0.2) is 6.04 Å². The van der Waals surface area contributed by atoms with Crippen LogP contribution in [0.2, 0.25) is 0 Å². The van der Waals surface area contributed by atoms with Gasteiger partial charge in [0.25, 0.3) is 0 Å². The molecule has 100 valence electrons. The zero-order valence-electron chi connectivity index (χ0n) is 9.79. The Morgan fingerprint density at radius 1 is 1.50 bits per heavy atom.